The molecule has 2 aromatic carbocycles. The van der Waals surface area contributed by atoms with E-state index in [1.807, 2.05) is 0 Å². The lowest BCUT2D eigenvalue weighted by molar-refractivity contribution is 0.0694. The molecule has 3 rings (SSSR count). The minimum atomic E-state index is -3.92. The molecule has 0 spiro atoms. The lowest BCUT2D eigenvalue weighted by Crippen LogP contribution is -2.50. The molecule has 0 aliphatic carbocycles. The summed E-state index contributed by atoms with van der Waals surface area (Å²) in [6, 6.07) is 12.2. The van der Waals surface area contributed by atoms with Crippen LogP contribution >= 0.6 is 0 Å². The summed E-state index contributed by atoms with van der Waals surface area (Å²) in [5, 5.41) is 0. The van der Waals surface area contributed by atoms with Crippen molar-refractivity contribution in [3.05, 3.63) is 59.9 Å². The Kier molecular flexibility index (Phi) is 5.24. The minimum absolute atomic E-state index is 0.109. The van der Waals surface area contributed by atoms with E-state index in [1.165, 1.54) is 29.6 Å². The van der Waals surface area contributed by atoms with Crippen LogP contribution in [-0.4, -0.2) is 56.8 Å². The highest BCUT2D eigenvalue weighted by Crippen LogP contribution is 2.23. The molecule has 2 aromatic rings. The zero-order valence-electron chi connectivity index (χ0n) is 14.3. The molecule has 0 N–H and O–H groups in total. The van der Waals surface area contributed by atoms with Crippen molar-refractivity contribution in [2.24, 2.45) is 0 Å². The number of carbonyl (C=O) groups is 1. The normalized spacial score (nSPS) is 15.7. The van der Waals surface area contributed by atoms with Gasteiger partial charge in [0.15, 0.2) is 0 Å². The second kappa shape index (κ2) is 7.43. The summed E-state index contributed by atoms with van der Waals surface area (Å²) >= 11 is 0. The molecule has 1 fully saturated rings. The first-order valence-corrected chi connectivity index (χ1v) is 9.56. The van der Waals surface area contributed by atoms with Crippen LogP contribution in [-0.2, 0) is 10.0 Å². The summed E-state index contributed by atoms with van der Waals surface area (Å²) in [5.74, 6) is -0.524. The highest BCUT2D eigenvalue weighted by atomic mass is 32.2. The number of hydrogen-bond donors (Lipinski definition) is 0. The Hall–Kier alpha value is -2.45. The molecule has 1 saturated heterocycles. The van der Waals surface area contributed by atoms with E-state index in [4.69, 9.17) is 4.74 Å². The fourth-order valence-corrected chi connectivity index (χ4v) is 4.40. The lowest BCUT2D eigenvalue weighted by Gasteiger charge is -2.34. The Morgan fingerprint density at radius 3 is 2.27 bits per heavy atom. The van der Waals surface area contributed by atoms with Crippen LogP contribution in [0.5, 0.6) is 5.75 Å². The molecule has 1 aliphatic rings. The van der Waals surface area contributed by atoms with Gasteiger partial charge in [-0.1, -0.05) is 24.3 Å². The fraction of sp³-hybridized carbons (Fsp3) is 0.278. The van der Waals surface area contributed by atoms with Crippen molar-refractivity contribution in [2.45, 2.75) is 4.90 Å². The molecule has 0 bridgehead atoms. The van der Waals surface area contributed by atoms with Gasteiger partial charge < -0.3 is 9.64 Å². The largest absolute Gasteiger partial charge is 0.496 e. The number of benzene rings is 2. The number of halogens is 1. The summed E-state index contributed by atoms with van der Waals surface area (Å²) in [6.45, 7) is 0.671. The molecule has 0 saturated carbocycles. The van der Waals surface area contributed by atoms with Gasteiger partial charge in [0.2, 0.25) is 10.0 Å². The zero-order chi connectivity index (χ0) is 18.7. The second-order valence-corrected chi connectivity index (χ2v) is 7.73. The van der Waals surface area contributed by atoms with E-state index in [1.54, 1.807) is 29.2 Å². The number of hydrogen-bond acceptors (Lipinski definition) is 4. The Balaban J connectivity index is 1.73. The maximum absolute atomic E-state index is 13.9. The summed E-state index contributed by atoms with van der Waals surface area (Å²) in [5.41, 5.74) is 0.431. The average Bonchev–Trinajstić information content (AvgIpc) is 2.67. The predicted molar refractivity (Wildman–Crippen MR) is 94.1 cm³/mol. The number of amides is 1. The van der Waals surface area contributed by atoms with E-state index in [0.29, 0.717) is 11.3 Å². The van der Waals surface area contributed by atoms with E-state index in [-0.39, 0.29) is 37.0 Å². The third kappa shape index (κ3) is 3.42. The third-order valence-corrected chi connectivity index (χ3v) is 6.25. The van der Waals surface area contributed by atoms with Crippen LogP contribution in [0.1, 0.15) is 10.4 Å². The molecule has 8 heteroatoms. The van der Waals surface area contributed by atoms with Gasteiger partial charge in [-0.3, -0.25) is 4.79 Å². The van der Waals surface area contributed by atoms with Crippen molar-refractivity contribution in [2.75, 3.05) is 33.3 Å². The summed E-state index contributed by atoms with van der Waals surface area (Å²) in [7, 11) is -2.43. The van der Waals surface area contributed by atoms with Crippen molar-refractivity contribution >= 4 is 15.9 Å². The summed E-state index contributed by atoms with van der Waals surface area (Å²) in [6.07, 6.45) is 0. The molecule has 1 heterocycles. The summed E-state index contributed by atoms with van der Waals surface area (Å²) < 4.78 is 45.5. The van der Waals surface area contributed by atoms with Crippen molar-refractivity contribution in [1.82, 2.24) is 9.21 Å². The van der Waals surface area contributed by atoms with Crippen LogP contribution in [0.25, 0.3) is 0 Å². The topological polar surface area (TPSA) is 66.9 Å². The average molecular weight is 378 g/mol. The number of nitrogens with zero attached hydrogens (tertiary/aromatic N) is 2. The smallest absolute Gasteiger partial charge is 0.257 e. The third-order valence-electron chi connectivity index (χ3n) is 4.32. The Morgan fingerprint density at radius 1 is 1.00 bits per heavy atom. The first-order chi connectivity index (χ1) is 12.4. The van der Waals surface area contributed by atoms with Gasteiger partial charge in [0.05, 0.1) is 12.7 Å². The highest BCUT2D eigenvalue weighted by Gasteiger charge is 2.32. The number of para-hydroxylation sites is 1. The first-order valence-electron chi connectivity index (χ1n) is 8.12. The molecule has 0 unspecified atom stereocenters. The molecule has 138 valence electrons. The van der Waals surface area contributed by atoms with E-state index in [2.05, 4.69) is 0 Å². The van der Waals surface area contributed by atoms with Gasteiger partial charge in [0, 0.05) is 26.2 Å². The molecule has 1 aliphatic heterocycles. The van der Waals surface area contributed by atoms with E-state index in [9.17, 15) is 17.6 Å². The van der Waals surface area contributed by atoms with Gasteiger partial charge >= 0.3 is 0 Å². The number of piperazine rings is 1. The molecule has 26 heavy (non-hydrogen) atoms. The molecule has 1 amide bonds. The van der Waals surface area contributed by atoms with Crippen molar-refractivity contribution in [1.29, 1.82) is 0 Å². The van der Waals surface area contributed by atoms with Gasteiger partial charge in [-0.25, -0.2) is 12.8 Å². The van der Waals surface area contributed by atoms with Gasteiger partial charge in [0.25, 0.3) is 5.91 Å². The van der Waals surface area contributed by atoms with Crippen LogP contribution in [0.15, 0.2) is 53.4 Å². The Bertz CT molecular complexity index is 909. The van der Waals surface area contributed by atoms with Gasteiger partial charge in [0.1, 0.15) is 16.5 Å². The van der Waals surface area contributed by atoms with Crippen molar-refractivity contribution < 1.29 is 22.3 Å². The van der Waals surface area contributed by atoms with Crippen molar-refractivity contribution in [3.63, 3.8) is 0 Å². The van der Waals surface area contributed by atoms with Crippen LogP contribution in [0.2, 0.25) is 0 Å². The molecule has 0 atom stereocenters. The van der Waals surface area contributed by atoms with Gasteiger partial charge in [-0.15, -0.1) is 0 Å². The van der Waals surface area contributed by atoms with Crippen LogP contribution in [0, 0.1) is 5.82 Å². The number of carbonyl (C=O) groups excluding carboxylic acids is 1. The van der Waals surface area contributed by atoms with Crippen molar-refractivity contribution in [3.8, 4) is 5.75 Å². The SMILES string of the molecule is COc1ccccc1C(=O)N1CCN(S(=O)(=O)c2ccccc2F)CC1. The number of rotatable bonds is 4. The van der Waals surface area contributed by atoms with Crippen LogP contribution in [0.4, 0.5) is 4.39 Å². The maximum atomic E-state index is 13.9. The van der Waals surface area contributed by atoms with Gasteiger partial charge in [-0.2, -0.15) is 4.31 Å². The number of methoxy groups -OCH3 is 1. The Morgan fingerprint density at radius 2 is 1.62 bits per heavy atom. The monoisotopic (exact) mass is 378 g/mol. The summed E-state index contributed by atoms with van der Waals surface area (Å²) in [4.78, 5) is 13.9. The first kappa shape index (κ1) is 18.3. The van der Waals surface area contributed by atoms with E-state index >= 15 is 0 Å². The minimum Gasteiger partial charge on any atom is -0.496 e. The lowest BCUT2D eigenvalue weighted by atomic mass is 10.1. The molecule has 0 radical (unpaired) electrons. The number of ether oxygens (including phenoxy) is 1. The fourth-order valence-electron chi connectivity index (χ4n) is 2.92. The standard InChI is InChI=1S/C18H19FN2O4S/c1-25-16-8-4-2-6-14(16)18(22)20-10-12-21(13-11-20)26(23,24)17-9-5-3-7-15(17)19/h2-9H,10-13H2,1H3. The molecular weight excluding hydrogens is 359 g/mol. The van der Waals surface area contributed by atoms with Crippen LogP contribution in [0.3, 0.4) is 0 Å². The number of sulfonamides is 1. The van der Waals surface area contributed by atoms with E-state index < -0.39 is 15.8 Å². The molecular formula is C18H19FN2O4S. The Labute approximate surface area is 151 Å². The van der Waals surface area contributed by atoms with Crippen LogP contribution < -0.4 is 4.74 Å². The zero-order valence-corrected chi connectivity index (χ0v) is 15.1. The highest BCUT2D eigenvalue weighted by molar-refractivity contribution is 7.89. The predicted octanol–water partition coefficient (Wildman–Crippen LogP) is 1.98. The molecule has 6 nitrogen and oxygen atoms in total. The second-order valence-electron chi connectivity index (χ2n) is 5.83. The molecule has 0 aromatic heterocycles. The maximum Gasteiger partial charge on any atom is 0.257 e. The van der Waals surface area contributed by atoms with E-state index in [0.717, 1.165) is 6.07 Å². The quantitative estimate of drug-likeness (QED) is 0.816. The van der Waals surface area contributed by atoms with Gasteiger partial charge in [-0.05, 0) is 24.3 Å².